The van der Waals surface area contributed by atoms with Crippen LogP contribution in [0, 0.1) is 5.82 Å². The molecule has 0 aliphatic rings. The van der Waals surface area contributed by atoms with Crippen LogP contribution in [0.2, 0.25) is 0 Å². The van der Waals surface area contributed by atoms with E-state index in [0.29, 0.717) is 11.4 Å². The smallest absolute Gasteiger partial charge is 0.271 e. The average Bonchev–Trinajstić information content (AvgIpc) is 2.75. The Bertz CT molecular complexity index is 1180. The van der Waals surface area contributed by atoms with E-state index in [0.717, 1.165) is 0 Å². The molecule has 3 rings (SSSR count). The van der Waals surface area contributed by atoms with E-state index >= 15 is 0 Å². The van der Waals surface area contributed by atoms with Gasteiger partial charge in [-0.15, -0.1) is 0 Å². The van der Waals surface area contributed by atoms with Crippen LogP contribution in [0.3, 0.4) is 0 Å². The molecule has 3 aromatic carbocycles. The fourth-order valence-electron chi connectivity index (χ4n) is 2.48. The molecule has 0 saturated carbocycles. The van der Waals surface area contributed by atoms with Crippen LogP contribution in [0.1, 0.15) is 15.9 Å². The maximum absolute atomic E-state index is 13.6. The SMILES string of the molecule is COc1ccc(NS(=O)(=O)c2cccc(C(=O)NN=Cc3ccccc3F)c2)cc1. The zero-order valence-electron chi connectivity index (χ0n) is 15.9. The topological polar surface area (TPSA) is 96.9 Å². The van der Waals surface area contributed by atoms with Crippen molar-refractivity contribution >= 4 is 27.8 Å². The molecule has 154 valence electrons. The average molecular weight is 427 g/mol. The molecule has 0 unspecified atom stereocenters. The second kappa shape index (κ2) is 9.19. The lowest BCUT2D eigenvalue weighted by Crippen LogP contribution is -2.19. The van der Waals surface area contributed by atoms with E-state index in [1.807, 2.05) is 0 Å². The first-order valence-corrected chi connectivity index (χ1v) is 10.2. The number of rotatable bonds is 7. The lowest BCUT2D eigenvalue weighted by atomic mass is 10.2. The summed E-state index contributed by atoms with van der Waals surface area (Å²) in [5, 5.41) is 3.71. The summed E-state index contributed by atoms with van der Waals surface area (Å²) >= 11 is 0. The van der Waals surface area contributed by atoms with Crippen LogP contribution in [-0.4, -0.2) is 27.6 Å². The van der Waals surface area contributed by atoms with Gasteiger partial charge in [0.25, 0.3) is 15.9 Å². The molecule has 0 spiro atoms. The highest BCUT2D eigenvalue weighted by Crippen LogP contribution is 2.20. The van der Waals surface area contributed by atoms with E-state index in [1.54, 1.807) is 30.3 Å². The third-order valence-electron chi connectivity index (χ3n) is 4.02. The minimum atomic E-state index is -3.92. The summed E-state index contributed by atoms with van der Waals surface area (Å²) in [7, 11) is -2.41. The molecule has 0 atom stereocenters. The Morgan fingerprint density at radius 1 is 1.03 bits per heavy atom. The van der Waals surface area contributed by atoms with Gasteiger partial charge in [-0.3, -0.25) is 9.52 Å². The number of hydrazone groups is 1. The number of nitrogens with one attached hydrogen (secondary N) is 2. The Morgan fingerprint density at radius 3 is 2.47 bits per heavy atom. The monoisotopic (exact) mass is 427 g/mol. The number of anilines is 1. The minimum Gasteiger partial charge on any atom is -0.497 e. The quantitative estimate of drug-likeness (QED) is 0.446. The maximum Gasteiger partial charge on any atom is 0.271 e. The lowest BCUT2D eigenvalue weighted by Gasteiger charge is -2.09. The molecule has 1 amide bonds. The molecular weight excluding hydrogens is 409 g/mol. The largest absolute Gasteiger partial charge is 0.497 e. The van der Waals surface area contributed by atoms with Gasteiger partial charge in [0.15, 0.2) is 0 Å². The van der Waals surface area contributed by atoms with Crippen molar-refractivity contribution in [2.24, 2.45) is 5.10 Å². The number of amides is 1. The molecule has 3 aromatic rings. The fraction of sp³-hybridized carbons (Fsp3) is 0.0476. The first-order chi connectivity index (χ1) is 14.4. The van der Waals surface area contributed by atoms with E-state index in [-0.39, 0.29) is 16.0 Å². The first-order valence-electron chi connectivity index (χ1n) is 8.74. The van der Waals surface area contributed by atoms with Crippen molar-refractivity contribution in [3.05, 3.63) is 89.7 Å². The Labute approximate surface area is 173 Å². The first kappa shape index (κ1) is 21.0. The predicted molar refractivity (Wildman–Crippen MR) is 112 cm³/mol. The van der Waals surface area contributed by atoms with Crippen molar-refractivity contribution in [3.8, 4) is 5.75 Å². The van der Waals surface area contributed by atoms with E-state index in [1.165, 1.54) is 55.8 Å². The molecule has 7 nitrogen and oxygen atoms in total. The van der Waals surface area contributed by atoms with Gasteiger partial charge in [0.05, 0.1) is 18.2 Å². The molecule has 9 heteroatoms. The van der Waals surface area contributed by atoms with Gasteiger partial charge in [0.2, 0.25) is 0 Å². The number of sulfonamides is 1. The number of carbonyl (C=O) groups excluding carboxylic acids is 1. The van der Waals surface area contributed by atoms with Gasteiger partial charge in [0.1, 0.15) is 11.6 Å². The summed E-state index contributed by atoms with van der Waals surface area (Å²) in [6, 6.07) is 17.8. The van der Waals surface area contributed by atoms with Crippen LogP contribution >= 0.6 is 0 Å². The van der Waals surface area contributed by atoms with Crippen LogP contribution in [0.25, 0.3) is 0 Å². The Kier molecular flexibility index (Phi) is 6.43. The highest BCUT2D eigenvalue weighted by atomic mass is 32.2. The molecule has 0 heterocycles. The molecule has 30 heavy (non-hydrogen) atoms. The predicted octanol–water partition coefficient (Wildman–Crippen LogP) is 3.40. The molecule has 0 saturated heterocycles. The molecular formula is C21H18FN3O4S. The maximum atomic E-state index is 13.6. The molecule has 0 aliphatic carbocycles. The standard InChI is InChI=1S/C21H18FN3O4S/c1-29-18-11-9-17(10-12-18)25-30(27,28)19-7-4-6-15(13-19)21(26)24-23-14-16-5-2-3-8-20(16)22/h2-14,25H,1H3,(H,24,26). The van der Waals surface area contributed by atoms with Crippen LogP contribution in [0.15, 0.2) is 82.8 Å². The number of hydrogen-bond acceptors (Lipinski definition) is 5. The molecule has 0 radical (unpaired) electrons. The van der Waals surface area contributed by atoms with Crippen molar-refractivity contribution in [2.75, 3.05) is 11.8 Å². The Hall–Kier alpha value is -3.72. The number of hydrogen-bond donors (Lipinski definition) is 2. The van der Waals surface area contributed by atoms with Gasteiger partial charge >= 0.3 is 0 Å². The summed E-state index contributed by atoms with van der Waals surface area (Å²) in [6.45, 7) is 0. The Morgan fingerprint density at radius 2 is 1.77 bits per heavy atom. The summed E-state index contributed by atoms with van der Waals surface area (Å²) in [5.41, 5.74) is 2.89. The number of nitrogens with zero attached hydrogens (tertiary/aromatic N) is 1. The van der Waals surface area contributed by atoms with Crippen LogP contribution in [0.5, 0.6) is 5.75 Å². The van der Waals surface area contributed by atoms with E-state index in [4.69, 9.17) is 4.74 Å². The van der Waals surface area contributed by atoms with E-state index in [2.05, 4.69) is 15.2 Å². The minimum absolute atomic E-state index is 0.0817. The van der Waals surface area contributed by atoms with Crippen molar-refractivity contribution < 1.29 is 22.3 Å². The van der Waals surface area contributed by atoms with Crippen molar-refractivity contribution in [1.29, 1.82) is 0 Å². The molecule has 0 aromatic heterocycles. The van der Waals surface area contributed by atoms with Crippen LogP contribution in [0.4, 0.5) is 10.1 Å². The lowest BCUT2D eigenvalue weighted by molar-refractivity contribution is 0.0955. The summed E-state index contributed by atoms with van der Waals surface area (Å²) in [6.07, 6.45) is 1.17. The summed E-state index contributed by atoms with van der Waals surface area (Å²) < 4.78 is 46.3. The van der Waals surface area contributed by atoms with Crippen molar-refractivity contribution in [2.45, 2.75) is 4.90 Å². The zero-order valence-corrected chi connectivity index (χ0v) is 16.7. The molecule has 0 aliphatic heterocycles. The normalized spacial score (nSPS) is 11.3. The van der Waals surface area contributed by atoms with Gasteiger partial charge in [-0.05, 0) is 48.5 Å². The molecule has 0 bridgehead atoms. The van der Waals surface area contributed by atoms with Crippen molar-refractivity contribution in [3.63, 3.8) is 0 Å². The fourth-order valence-corrected chi connectivity index (χ4v) is 3.59. The van der Waals surface area contributed by atoms with Crippen LogP contribution in [-0.2, 0) is 10.0 Å². The second-order valence-electron chi connectivity index (χ2n) is 6.08. The third kappa shape index (κ3) is 5.21. The molecule has 0 fully saturated rings. The summed E-state index contributed by atoms with van der Waals surface area (Å²) in [4.78, 5) is 12.2. The zero-order chi connectivity index (χ0) is 21.6. The van der Waals surface area contributed by atoms with Gasteiger partial charge in [-0.25, -0.2) is 18.2 Å². The number of benzene rings is 3. The summed E-state index contributed by atoms with van der Waals surface area (Å²) in [5.74, 6) is -0.523. The highest BCUT2D eigenvalue weighted by Gasteiger charge is 2.16. The number of halogens is 1. The van der Waals surface area contributed by atoms with Gasteiger partial charge < -0.3 is 4.74 Å². The van der Waals surface area contributed by atoms with Crippen molar-refractivity contribution in [1.82, 2.24) is 5.43 Å². The third-order valence-corrected chi connectivity index (χ3v) is 5.40. The van der Waals surface area contributed by atoms with E-state index < -0.39 is 21.7 Å². The number of ether oxygens (including phenoxy) is 1. The Balaban J connectivity index is 1.72. The van der Waals surface area contributed by atoms with Gasteiger partial charge in [0, 0.05) is 16.8 Å². The molecule has 2 N–H and O–H groups in total. The van der Waals surface area contributed by atoms with Gasteiger partial charge in [-0.2, -0.15) is 5.10 Å². The van der Waals surface area contributed by atoms with Gasteiger partial charge in [-0.1, -0.05) is 24.3 Å². The van der Waals surface area contributed by atoms with E-state index in [9.17, 15) is 17.6 Å². The second-order valence-corrected chi connectivity index (χ2v) is 7.76. The number of methoxy groups -OCH3 is 1. The number of carbonyl (C=O) groups is 1. The highest BCUT2D eigenvalue weighted by molar-refractivity contribution is 7.92. The van der Waals surface area contributed by atoms with Crippen LogP contribution < -0.4 is 14.9 Å².